The molecule has 2 N–H and O–H groups in total. The molecule has 1 saturated heterocycles. The van der Waals surface area contributed by atoms with Crippen LogP contribution in [0.4, 0.5) is 5.69 Å². The molecule has 3 rings (SSSR count). The summed E-state index contributed by atoms with van der Waals surface area (Å²) in [5.41, 5.74) is 1.85. The lowest BCUT2D eigenvalue weighted by molar-refractivity contribution is 0.102. The summed E-state index contributed by atoms with van der Waals surface area (Å²) >= 11 is 0. The molecule has 0 radical (unpaired) electrons. The average Bonchev–Trinajstić information content (AvgIpc) is 3.10. The van der Waals surface area contributed by atoms with Gasteiger partial charge >= 0.3 is 0 Å². The number of Topliss-reactive ketones (excluding diaryl/α,β-unsaturated/α-hetero) is 1. The molecule has 1 aromatic heterocycles. The second-order valence-corrected chi connectivity index (χ2v) is 7.11. The molecular weight excluding hydrogens is 354 g/mol. The van der Waals surface area contributed by atoms with Crippen LogP contribution in [0.3, 0.4) is 0 Å². The largest absolute Gasteiger partial charge is 0.506 e. The van der Waals surface area contributed by atoms with Crippen molar-refractivity contribution < 1.29 is 9.90 Å². The van der Waals surface area contributed by atoms with E-state index < -0.39 is 0 Å². The number of hydrogen-bond acceptors (Lipinski definition) is 5. The molecule has 0 bridgehead atoms. The van der Waals surface area contributed by atoms with Gasteiger partial charge in [-0.2, -0.15) is 5.26 Å². The number of allylic oxidation sites excluding steroid dienone is 1. The Hall–Kier alpha value is -3.33. The van der Waals surface area contributed by atoms with Crippen LogP contribution in [0.2, 0.25) is 0 Å². The fourth-order valence-electron chi connectivity index (χ4n) is 3.99. The van der Waals surface area contributed by atoms with Gasteiger partial charge in [0.25, 0.3) is 0 Å². The zero-order valence-corrected chi connectivity index (χ0v) is 15.8. The summed E-state index contributed by atoms with van der Waals surface area (Å²) < 4.78 is 0. The van der Waals surface area contributed by atoms with Crippen molar-refractivity contribution in [2.24, 2.45) is 5.92 Å². The third-order valence-corrected chi connectivity index (χ3v) is 5.41. The van der Waals surface area contributed by atoms with Gasteiger partial charge in [-0.3, -0.25) is 9.59 Å². The predicted molar refractivity (Wildman–Crippen MR) is 108 cm³/mol. The number of phenols is 1. The molecule has 0 amide bonds. The van der Waals surface area contributed by atoms with Gasteiger partial charge in [0.15, 0.2) is 5.78 Å². The number of hydrogen-bond donors (Lipinski definition) is 2. The summed E-state index contributed by atoms with van der Waals surface area (Å²) in [7, 11) is 0. The second kappa shape index (κ2) is 8.13. The number of aromatic hydroxyl groups is 1. The highest BCUT2D eigenvalue weighted by molar-refractivity contribution is 6.08. The Balaban J connectivity index is 1.73. The van der Waals surface area contributed by atoms with Crippen molar-refractivity contribution in [1.82, 2.24) is 4.98 Å². The first-order valence-corrected chi connectivity index (χ1v) is 9.35. The van der Waals surface area contributed by atoms with Crippen molar-refractivity contribution in [2.75, 3.05) is 11.4 Å². The summed E-state index contributed by atoms with van der Waals surface area (Å²) in [4.78, 5) is 28.5. The highest BCUT2D eigenvalue weighted by atomic mass is 16.3. The van der Waals surface area contributed by atoms with Crippen molar-refractivity contribution in [1.29, 1.82) is 5.26 Å². The number of rotatable bonds is 6. The van der Waals surface area contributed by atoms with E-state index in [1.807, 2.05) is 12.1 Å². The molecule has 1 aromatic carbocycles. The minimum Gasteiger partial charge on any atom is -0.506 e. The van der Waals surface area contributed by atoms with E-state index in [2.05, 4.69) is 23.4 Å². The average molecular weight is 377 g/mol. The first-order chi connectivity index (χ1) is 13.4. The number of aromatic amines is 1. The van der Waals surface area contributed by atoms with Gasteiger partial charge in [-0.05, 0) is 49.0 Å². The molecule has 6 heteroatoms. The van der Waals surface area contributed by atoms with Crippen molar-refractivity contribution in [3.8, 4) is 11.8 Å². The molecule has 0 saturated carbocycles. The number of nitrogens with one attached hydrogen (secondary N) is 1. The highest BCUT2D eigenvalue weighted by Crippen LogP contribution is 2.37. The van der Waals surface area contributed by atoms with Crippen molar-refractivity contribution >= 4 is 11.5 Å². The quantitative estimate of drug-likeness (QED) is 0.594. The Morgan fingerprint density at radius 2 is 2.18 bits per heavy atom. The number of pyridine rings is 1. The van der Waals surface area contributed by atoms with Crippen LogP contribution in [0, 0.1) is 17.2 Å². The van der Waals surface area contributed by atoms with Gasteiger partial charge < -0.3 is 15.0 Å². The van der Waals surface area contributed by atoms with Crippen molar-refractivity contribution in [3.05, 3.63) is 70.2 Å². The maximum absolute atomic E-state index is 12.6. The van der Waals surface area contributed by atoms with Crippen molar-refractivity contribution in [2.45, 2.75) is 32.2 Å². The Bertz CT molecular complexity index is 982. The lowest BCUT2D eigenvalue weighted by Gasteiger charge is -2.29. The van der Waals surface area contributed by atoms with E-state index in [4.69, 9.17) is 5.26 Å². The fraction of sp³-hybridized carbons (Fsp3) is 0.318. The number of H-pyrrole nitrogens is 1. The van der Waals surface area contributed by atoms with E-state index in [1.165, 1.54) is 18.3 Å². The third-order valence-electron chi connectivity index (χ3n) is 5.41. The van der Waals surface area contributed by atoms with Gasteiger partial charge in [-0.1, -0.05) is 13.5 Å². The Morgan fingerprint density at radius 3 is 2.79 bits per heavy atom. The molecule has 0 aliphatic carbocycles. The third kappa shape index (κ3) is 3.84. The number of carbonyl (C=O) groups is 1. The van der Waals surface area contributed by atoms with Crippen LogP contribution in [0.5, 0.6) is 5.75 Å². The van der Waals surface area contributed by atoms with E-state index in [9.17, 15) is 14.7 Å². The van der Waals surface area contributed by atoms with E-state index in [0.29, 0.717) is 17.6 Å². The summed E-state index contributed by atoms with van der Waals surface area (Å²) in [6.07, 6.45) is 3.81. The number of ketones is 1. The maximum atomic E-state index is 12.6. The lowest BCUT2D eigenvalue weighted by Crippen LogP contribution is -2.32. The maximum Gasteiger partial charge on any atom is 0.247 e. The molecule has 1 fully saturated rings. The highest BCUT2D eigenvalue weighted by Gasteiger charge is 2.34. The SMILES string of the molecule is C=C(CC1CCN(c2ccc(C#N)c(O)c2)[C@H]1CC)C(=O)c1ccc(=O)[nH]c1. The standard InChI is InChI=1S/C22H23N3O3/c1-3-19-15(10-14(2)22(28)17-5-7-21(27)24-13-17)8-9-25(19)18-6-4-16(12-23)20(26)11-18/h4-7,11,13,15,19,26H,2-3,8-10H2,1H3,(H,24,27)/t15?,19-/m0/s1. The normalized spacial score (nSPS) is 18.6. The smallest absolute Gasteiger partial charge is 0.247 e. The molecule has 28 heavy (non-hydrogen) atoms. The fourth-order valence-corrected chi connectivity index (χ4v) is 3.99. The number of nitriles is 1. The van der Waals surface area contributed by atoms with Crippen LogP contribution in [0.15, 0.2) is 53.5 Å². The Kier molecular flexibility index (Phi) is 5.65. The number of nitrogens with zero attached hydrogens (tertiary/aromatic N) is 2. The molecule has 6 nitrogen and oxygen atoms in total. The van der Waals surface area contributed by atoms with Crippen LogP contribution < -0.4 is 10.5 Å². The van der Waals surface area contributed by atoms with Crippen LogP contribution in [-0.4, -0.2) is 28.5 Å². The van der Waals surface area contributed by atoms with E-state index in [1.54, 1.807) is 12.1 Å². The first kappa shape index (κ1) is 19.4. The second-order valence-electron chi connectivity index (χ2n) is 7.11. The monoisotopic (exact) mass is 377 g/mol. The van der Waals surface area contributed by atoms with Crippen molar-refractivity contribution in [3.63, 3.8) is 0 Å². The summed E-state index contributed by atoms with van der Waals surface area (Å²) in [5.74, 6) is 0.0959. The molecule has 1 aliphatic heterocycles. The zero-order valence-electron chi connectivity index (χ0n) is 15.8. The number of phenolic OH excluding ortho intramolecular Hbond substituents is 1. The van der Waals surface area contributed by atoms with Gasteiger partial charge in [-0.15, -0.1) is 0 Å². The van der Waals surface area contributed by atoms with Gasteiger partial charge in [-0.25, -0.2) is 0 Å². The summed E-state index contributed by atoms with van der Waals surface area (Å²) in [6.45, 7) is 6.90. The summed E-state index contributed by atoms with van der Waals surface area (Å²) in [5, 5.41) is 19.0. The van der Waals surface area contributed by atoms with Crippen LogP contribution in [-0.2, 0) is 0 Å². The number of anilines is 1. The summed E-state index contributed by atoms with van der Waals surface area (Å²) in [6, 6.07) is 10.1. The van der Waals surface area contributed by atoms with E-state index >= 15 is 0 Å². The number of aromatic nitrogens is 1. The molecule has 1 unspecified atom stereocenters. The predicted octanol–water partition coefficient (Wildman–Crippen LogP) is 3.39. The zero-order chi connectivity index (χ0) is 20.3. The molecule has 2 atom stereocenters. The Labute approximate surface area is 163 Å². The van der Waals surface area contributed by atoms with E-state index in [0.717, 1.165) is 25.1 Å². The van der Waals surface area contributed by atoms with Crippen LogP contribution >= 0.6 is 0 Å². The molecular formula is C22H23N3O3. The molecule has 2 heterocycles. The molecule has 2 aromatic rings. The van der Waals surface area contributed by atoms with Gasteiger partial charge in [0.2, 0.25) is 5.56 Å². The first-order valence-electron chi connectivity index (χ1n) is 9.35. The number of carbonyl (C=O) groups excluding carboxylic acids is 1. The minimum atomic E-state index is -0.245. The number of benzene rings is 1. The topological polar surface area (TPSA) is 97.2 Å². The molecule has 144 valence electrons. The minimum absolute atomic E-state index is 0.0176. The lowest BCUT2D eigenvalue weighted by atomic mass is 9.89. The molecule has 1 aliphatic rings. The van der Waals surface area contributed by atoms with Crippen LogP contribution in [0.1, 0.15) is 42.1 Å². The Morgan fingerprint density at radius 1 is 1.39 bits per heavy atom. The molecule has 0 spiro atoms. The van der Waals surface area contributed by atoms with Gasteiger partial charge in [0.1, 0.15) is 11.8 Å². The van der Waals surface area contributed by atoms with Gasteiger partial charge in [0.05, 0.1) is 5.56 Å². The van der Waals surface area contributed by atoms with Crippen LogP contribution in [0.25, 0.3) is 0 Å². The van der Waals surface area contributed by atoms with E-state index in [-0.39, 0.29) is 34.6 Å². The van der Waals surface area contributed by atoms with Gasteiger partial charge in [0, 0.05) is 42.2 Å².